The summed E-state index contributed by atoms with van der Waals surface area (Å²) in [6, 6.07) is 4.39. The molecule has 1 aromatic rings. The number of benzene rings is 1. The number of carboxylic acid groups (broad SMARTS) is 1. The molecule has 0 aliphatic carbocycles. The van der Waals surface area contributed by atoms with E-state index in [9.17, 15) is 14.7 Å². The first-order chi connectivity index (χ1) is 11.1. The van der Waals surface area contributed by atoms with Gasteiger partial charge in [0.05, 0.1) is 11.6 Å². The van der Waals surface area contributed by atoms with Gasteiger partial charge in [0, 0.05) is 6.42 Å². The number of aliphatic carboxylic acids is 1. The van der Waals surface area contributed by atoms with Crippen LogP contribution in [0.15, 0.2) is 18.2 Å². The fourth-order valence-corrected chi connectivity index (χ4v) is 2.68. The van der Waals surface area contributed by atoms with E-state index in [1.54, 1.807) is 32.9 Å². The lowest BCUT2D eigenvalue weighted by Crippen LogP contribution is -2.43. The van der Waals surface area contributed by atoms with Crippen LogP contribution in [0, 0.1) is 6.92 Å². The van der Waals surface area contributed by atoms with E-state index in [0.717, 1.165) is 5.56 Å². The number of rotatable bonds is 3. The van der Waals surface area contributed by atoms with E-state index in [2.05, 4.69) is 0 Å². The van der Waals surface area contributed by atoms with Crippen LogP contribution in [0.1, 0.15) is 32.8 Å². The van der Waals surface area contributed by atoms with Gasteiger partial charge in [0.1, 0.15) is 23.5 Å². The minimum atomic E-state index is -1.08. The van der Waals surface area contributed by atoms with E-state index in [0.29, 0.717) is 10.8 Å². The first kappa shape index (κ1) is 18.4. The molecule has 132 valence electrons. The number of carbonyl (C=O) groups is 2. The number of carboxylic acids is 1. The van der Waals surface area contributed by atoms with Gasteiger partial charge in [-0.3, -0.25) is 4.90 Å². The molecular formula is C17H22ClNO5. The topological polar surface area (TPSA) is 76.1 Å². The maximum atomic E-state index is 12.3. The lowest BCUT2D eigenvalue weighted by molar-refractivity contribution is -0.142. The predicted octanol–water partition coefficient (Wildman–Crippen LogP) is 3.49. The minimum Gasteiger partial charge on any atom is -0.487 e. The molecule has 1 fully saturated rings. The Morgan fingerprint density at radius 2 is 2.00 bits per heavy atom. The lowest BCUT2D eigenvalue weighted by atomic mass is 10.2. The monoisotopic (exact) mass is 355 g/mol. The molecule has 1 saturated heterocycles. The summed E-state index contributed by atoms with van der Waals surface area (Å²) < 4.78 is 11.1. The average Bonchev–Trinajstić information content (AvgIpc) is 2.85. The van der Waals surface area contributed by atoms with Crippen LogP contribution in [-0.4, -0.2) is 46.4 Å². The zero-order valence-electron chi connectivity index (χ0n) is 14.2. The number of nitrogens with zero attached hydrogens (tertiary/aromatic N) is 1. The Hall–Kier alpha value is -1.95. The third-order valence-corrected chi connectivity index (χ3v) is 3.87. The molecule has 24 heavy (non-hydrogen) atoms. The molecule has 1 heterocycles. The van der Waals surface area contributed by atoms with Gasteiger partial charge in [0.25, 0.3) is 0 Å². The van der Waals surface area contributed by atoms with E-state index in [1.165, 1.54) is 4.90 Å². The van der Waals surface area contributed by atoms with Crippen molar-refractivity contribution in [1.29, 1.82) is 0 Å². The molecule has 2 unspecified atom stereocenters. The number of aryl methyl sites for hydroxylation is 1. The summed E-state index contributed by atoms with van der Waals surface area (Å²) in [6.07, 6.45) is -0.937. The number of ether oxygens (including phenoxy) is 2. The zero-order chi connectivity index (χ0) is 18.1. The van der Waals surface area contributed by atoms with E-state index in [1.807, 2.05) is 13.0 Å². The summed E-state index contributed by atoms with van der Waals surface area (Å²) in [5.74, 6) is -0.598. The summed E-state index contributed by atoms with van der Waals surface area (Å²) in [7, 11) is 0. The molecule has 0 bridgehead atoms. The summed E-state index contributed by atoms with van der Waals surface area (Å²) in [6.45, 7) is 7.24. The first-order valence-electron chi connectivity index (χ1n) is 7.72. The zero-order valence-corrected chi connectivity index (χ0v) is 15.0. The molecule has 1 N–H and O–H groups in total. The fraction of sp³-hybridized carbons (Fsp3) is 0.529. The number of halogens is 1. The van der Waals surface area contributed by atoms with Crippen molar-refractivity contribution < 1.29 is 24.2 Å². The van der Waals surface area contributed by atoms with Crippen LogP contribution in [-0.2, 0) is 9.53 Å². The number of amides is 1. The third-order valence-electron chi connectivity index (χ3n) is 3.56. The van der Waals surface area contributed by atoms with Crippen molar-refractivity contribution in [2.24, 2.45) is 0 Å². The molecule has 6 nitrogen and oxygen atoms in total. The molecule has 7 heteroatoms. The van der Waals surface area contributed by atoms with Gasteiger partial charge in [-0.05, 0) is 45.4 Å². The van der Waals surface area contributed by atoms with Crippen LogP contribution in [0.5, 0.6) is 5.75 Å². The van der Waals surface area contributed by atoms with Gasteiger partial charge in [-0.1, -0.05) is 17.7 Å². The number of carbonyl (C=O) groups excluding carboxylic acids is 1. The van der Waals surface area contributed by atoms with Crippen molar-refractivity contribution >= 4 is 23.7 Å². The summed E-state index contributed by atoms with van der Waals surface area (Å²) in [4.78, 5) is 24.9. The molecule has 2 atom stereocenters. The predicted molar refractivity (Wildman–Crippen MR) is 89.6 cm³/mol. The molecule has 0 saturated carbocycles. The van der Waals surface area contributed by atoms with Gasteiger partial charge in [-0.2, -0.15) is 0 Å². The van der Waals surface area contributed by atoms with E-state index >= 15 is 0 Å². The van der Waals surface area contributed by atoms with Crippen molar-refractivity contribution in [1.82, 2.24) is 4.90 Å². The third kappa shape index (κ3) is 4.54. The maximum Gasteiger partial charge on any atom is 0.411 e. The Bertz CT molecular complexity index is 640. The highest BCUT2D eigenvalue weighted by atomic mass is 35.5. The normalized spacial score (nSPS) is 20.8. The quantitative estimate of drug-likeness (QED) is 0.898. The van der Waals surface area contributed by atoms with Crippen LogP contribution in [0.25, 0.3) is 0 Å². The average molecular weight is 356 g/mol. The molecular weight excluding hydrogens is 334 g/mol. The van der Waals surface area contributed by atoms with Crippen molar-refractivity contribution in [2.75, 3.05) is 6.54 Å². The highest BCUT2D eigenvalue weighted by molar-refractivity contribution is 6.32. The van der Waals surface area contributed by atoms with Gasteiger partial charge in [0.2, 0.25) is 0 Å². The molecule has 0 radical (unpaired) electrons. The van der Waals surface area contributed by atoms with Crippen molar-refractivity contribution in [3.8, 4) is 5.75 Å². The van der Waals surface area contributed by atoms with Crippen molar-refractivity contribution in [3.05, 3.63) is 28.8 Å². The molecule has 0 aromatic heterocycles. The SMILES string of the molecule is Cc1ccc(Cl)c(OC2CC(C(=O)O)N(C(=O)OC(C)(C)C)C2)c1. The molecule has 1 amide bonds. The van der Waals surface area contributed by atoms with E-state index in [-0.39, 0.29) is 13.0 Å². The first-order valence-corrected chi connectivity index (χ1v) is 8.10. The maximum absolute atomic E-state index is 12.3. The number of hydrogen-bond donors (Lipinski definition) is 1. The Labute approximate surface area is 146 Å². The van der Waals surface area contributed by atoms with E-state index < -0.39 is 29.8 Å². The van der Waals surface area contributed by atoms with Gasteiger partial charge < -0.3 is 14.6 Å². The molecule has 1 aliphatic heterocycles. The summed E-state index contributed by atoms with van der Waals surface area (Å²) in [5, 5.41) is 9.83. The van der Waals surface area contributed by atoms with Gasteiger partial charge in [-0.15, -0.1) is 0 Å². The molecule has 0 spiro atoms. The van der Waals surface area contributed by atoms with Crippen molar-refractivity contribution in [2.45, 2.75) is 51.9 Å². The highest BCUT2D eigenvalue weighted by Gasteiger charge is 2.42. The highest BCUT2D eigenvalue weighted by Crippen LogP contribution is 2.30. The number of hydrogen-bond acceptors (Lipinski definition) is 4. The van der Waals surface area contributed by atoms with Crippen LogP contribution < -0.4 is 4.74 Å². The minimum absolute atomic E-state index is 0.135. The number of likely N-dealkylation sites (tertiary alicyclic amines) is 1. The second-order valence-corrected chi connectivity index (χ2v) is 7.30. The summed E-state index contributed by atoms with van der Waals surface area (Å²) in [5.41, 5.74) is 0.282. The molecule has 2 rings (SSSR count). The Balaban J connectivity index is 2.13. The smallest absolute Gasteiger partial charge is 0.411 e. The second-order valence-electron chi connectivity index (χ2n) is 6.90. The fourth-order valence-electron chi connectivity index (χ4n) is 2.52. The van der Waals surface area contributed by atoms with Crippen molar-refractivity contribution in [3.63, 3.8) is 0 Å². The molecule has 1 aromatic carbocycles. The van der Waals surface area contributed by atoms with Crippen LogP contribution >= 0.6 is 11.6 Å². The second kappa shape index (κ2) is 6.89. The van der Waals surface area contributed by atoms with Gasteiger partial charge >= 0.3 is 12.1 Å². The standard InChI is InChI=1S/C17H22ClNO5/c1-10-5-6-12(18)14(7-10)23-11-8-13(15(20)21)19(9-11)16(22)24-17(2,3)4/h5-7,11,13H,8-9H2,1-4H3,(H,20,21). The summed E-state index contributed by atoms with van der Waals surface area (Å²) >= 11 is 6.11. The van der Waals surface area contributed by atoms with Crippen LogP contribution in [0.4, 0.5) is 4.79 Å². The van der Waals surface area contributed by atoms with Gasteiger partial charge in [-0.25, -0.2) is 9.59 Å². The molecule has 1 aliphatic rings. The van der Waals surface area contributed by atoms with Gasteiger partial charge in [0.15, 0.2) is 0 Å². The Morgan fingerprint density at radius 3 is 2.58 bits per heavy atom. The van der Waals surface area contributed by atoms with Crippen LogP contribution in [0.3, 0.4) is 0 Å². The van der Waals surface area contributed by atoms with Crippen LogP contribution in [0.2, 0.25) is 5.02 Å². The van der Waals surface area contributed by atoms with E-state index in [4.69, 9.17) is 21.1 Å². The Kier molecular flexibility index (Phi) is 5.28. The Morgan fingerprint density at radius 1 is 1.33 bits per heavy atom. The largest absolute Gasteiger partial charge is 0.487 e. The lowest BCUT2D eigenvalue weighted by Gasteiger charge is -2.26.